The van der Waals surface area contributed by atoms with Crippen molar-refractivity contribution in [2.45, 2.75) is 37.5 Å². The van der Waals surface area contributed by atoms with E-state index >= 15 is 0 Å². The molecular formula is C62H48N2. The van der Waals surface area contributed by atoms with Crippen LogP contribution in [0.25, 0.3) is 71.6 Å². The number of fused-ring (bicyclic) bond motifs is 7. The van der Waals surface area contributed by atoms with Gasteiger partial charge in [0.2, 0.25) is 0 Å². The summed E-state index contributed by atoms with van der Waals surface area (Å²) < 4.78 is 2.41. The molecule has 0 N–H and O–H groups in total. The molecular weight excluding hydrogens is 773 g/mol. The van der Waals surface area contributed by atoms with Crippen LogP contribution in [0.1, 0.15) is 43.2 Å². The van der Waals surface area contributed by atoms with Crippen LogP contribution in [0.2, 0.25) is 0 Å². The normalized spacial score (nSPS) is 21.5. The van der Waals surface area contributed by atoms with Gasteiger partial charge < -0.3 is 9.47 Å². The van der Waals surface area contributed by atoms with E-state index in [2.05, 4.69) is 216 Å². The van der Waals surface area contributed by atoms with Crippen molar-refractivity contribution in [1.82, 2.24) is 4.57 Å². The zero-order chi connectivity index (χ0) is 41.9. The zero-order valence-electron chi connectivity index (χ0n) is 35.9. The van der Waals surface area contributed by atoms with Gasteiger partial charge in [-0.1, -0.05) is 152 Å². The van der Waals surface area contributed by atoms with Crippen molar-refractivity contribution < 1.29 is 0 Å². The third-order valence-electron chi connectivity index (χ3n) is 16.2. The van der Waals surface area contributed by atoms with E-state index in [1.54, 1.807) is 11.1 Å². The van der Waals surface area contributed by atoms with Gasteiger partial charge in [-0.25, -0.2) is 0 Å². The number of anilines is 3. The lowest BCUT2D eigenvalue weighted by Crippen LogP contribution is -2.55. The minimum absolute atomic E-state index is 0.118. The third kappa shape index (κ3) is 5.14. The van der Waals surface area contributed by atoms with Crippen LogP contribution in [0, 0.1) is 23.7 Å². The van der Waals surface area contributed by atoms with Gasteiger partial charge >= 0.3 is 0 Å². The minimum Gasteiger partial charge on any atom is -0.310 e. The molecule has 1 aromatic heterocycles. The minimum atomic E-state index is 0.118. The molecule has 2 heteroatoms. The number of aromatic nitrogens is 1. The molecule has 2 nitrogen and oxygen atoms in total. The fourth-order valence-electron chi connectivity index (χ4n) is 14.0. The number of hydrogen-bond acceptors (Lipinski definition) is 1. The van der Waals surface area contributed by atoms with Crippen LogP contribution in [0.5, 0.6) is 0 Å². The molecule has 306 valence electrons. The molecule has 4 saturated carbocycles. The molecule has 5 aliphatic rings. The van der Waals surface area contributed by atoms with E-state index < -0.39 is 0 Å². The van der Waals surface area contributed by atoms with E-state index in [9.17, 15) is 0 Å². The smallest absolute Gasteiger partial charge is 0.0546 e. The second-order valence-corrected chi connectivity index (χ2v) is 19.3. The highest BCUT2D eigenvalue weighted by atomic mass is 15.1. The van der Waals surface area contributed by atoms with Gasteiger partial charge in [0, 0.05) is 38.6 Å². The Morgan fingerprint density at radius 3 is 1.64 bits per heavy atom. The molecule has 10 aromatic rings. The van der Waals surface area contributed by atoms with Crippen molar-refractivity contribution in [3.63, 3.8) is 0 Å². The maximum absolute atomic E-state index is 2.53. The fraction of sp³-hybridized carbons (Fsp3) is 0.161. The van der Waals surface area contributed by atoms with Crippen LogP contribution in [-0.2, 0) is 5.41 Å². The Labute approximate surface area is 375 Å². The summed E-state index contributed by atoms with van der Waals surface area (Å²) >= 11 is 0. The average Bonchev–Trinajstić information content (AvgIpc) is 3.85. The summed E-state index contributed by atoms with van der Waals surface area (Å²) in [6, 6.07) is 77.5. The molecule has 5 aliphatic carbocycles. The molecule has 0 unspecified atom stereocenters. The van der Waals surface area contributed by atoms with Gasteiger partial charge in [0.25, 0.3) is 0 Å². The van der Waals surface area contributed by atoms with Crippen LogP contribution in [0.15, 0.2) is 206 Å². The van der Waals surface area contributed by atoms with Crippen molar-refractivity contribution in [2.75, 3.05) is 4.90 Å². The van der Waals surface area contributed by atoms with E-state index in [1.165, 1.54) is 104 Å². The van der Waals surface area contributed by atoms with E-state index in [-0.39, 0.29) is 5.41 Å². The molecule has 1 heterocycles. The van der Waals surface area contributed by atoms with E-state index in [4.69, 9.17) is 0 Å². The summed E-state index contributed by atoms with van der Waals surface area (Å²) in [6.07, 6.45) is 7.01. The standard InChI is InChI=1S/C62H48N2/c1-2-13-42(14-3-1)43-27-29-47(30-28-43)63(48-31-33-49(34-32-48)64-57-24-8-5-17-50(57)51-18-6-9-25-58(51)64)59-26-11-16-44-15-10-20-52(60(44)59)53-21-12-23-56-61(53)54-19-4-7-22-55(54)62(56)45-36-40-35-41(38-45)39-46(62)37-40/h1-34,40-41,45-46H,35-39H2. The molecule has 0 amide bonds. The molecule has 0 atom stereocenters. The molecule has 9 aromatic carbocycles. The van der Waals surface area contributed by atoms with Crippen LogP contribution < -0.4 is 4.90 Å². The lowest BCUT2D eigenvalue weighted by Gasteiger charge is -2.61. The Kier molecular flexibility index (Phi) is 7.90. The van der Waals surface area contributed by atoms with Crippen molar-refractivity contribution in [1.29, 1.82) is 0 Å². The summed E-state index contributed by atoms with van der Waals surface area (Å²) in [5, 5.41) is 5.07. The second kappa shape index (κ2) is 13.9. The van der Waals surface area contributed by atoms with Crippen molar-refractivity contribution in [3.8, 4) is 39.1 Å². The number of rotatable bonds is 6. The molecule has 1 spiro atoms. The number of para-hydroxylation sites is 2. The van der Waals surface area contributed by atoms with E-state index in [1.807, 2.05) is 0 Å². The molecule has 4 fully saturated rings. The van der Waals surface area contributed by atoms with Crippen LogP contribution in [-0.4, -0.2) is 4.57 Å². The number of benzene rings is 9. The monoisotopic (exact) mass is 820 g/mol. The average molecular weight is 821 g/mol. The quantitative estimate of drug-likeness (QED) is 0.162. The largest absolute Gasteiger partial charge is 0.310 e. The number of hydrogen-bond donors (Lipinski definition) is 0. The lowest BCUT2D eigenvalue weighted by molar-refractivity contribution is -0.0399. The van der Waals surface area contributed by atoms with E-state index in [0.717, 1.165) is 40.7 Å². The Morgan fingerprint density at radius 1 is 0.406 bits per heavy atom. The highest BCUT2D eigenvalue weighted by Gasteiger charge is 2.61. The van der Waals surface area contributed by atoms with Crippen LogP contribution in [0.4, 0.5) is 17.1 Å². The zero-order valence-corrected chi connectivity index (χ0v) is 35.9. The van der Waals surface area contributed by atoms with Crippen molar-refractivity contribution in [2.24, 2.45) is 23.7 Å². The summed E-state index contributed by atoms with van der Waals surface area (Å²) in [5.41, 5.74) is 18.4. The van der Waals surface area contributed by atoms with Crippen LogP contribution >= 0.6 is 0 Å². The van der Waals surface area contributed by atoms with Gasteiger partial charge in [0.1, 0.15) is 0 Å². The summed E-state index contributed by atoms with van der Waals surface area (Å²) in [7, 11) is 0. The van der Waals surface area contributed by atoms with Gasteiger partial charge in [-0.15, -0.1) is 0 Å². The van der Waals surface area contributed by atoms with Crippen molar-refractivity contribution >= 4 is 49.6 Å². The van der Waals surface area contributed by atoms with Gasteiger partial charge in [-0.3, -0.25) is 0 Å². The number of nitrogens with zero attached hydrogens (tertiary/aromatic N) is 2. The molecule has 64 heavy (non-hydrogen) atoms. The maximum Gasteiger partial charge on any atom is 0.0546 e. The first kappa shape index (κ1) is 36.3. The second-order valence-electron chi connectivity index (χ2n) is 19.3. The highest BCUT2D eigenvalue weighted by molar-refractivity contribution is 6.11. The lowest BCUT2D eigenvalue weighted by atomic mass is 9.43. The predicted molar refractivity (Wildman–Crippen MR) is 267 cm³/mol. The van der Waals surface area contributed by atoms with Crippen molar-refractivity contribution in [3.05, 3.63) is 217 Å². The first-order chi connectivity index (χ1) is 31.7. The van der Waals surface area contributed by atoms with E-state index in [0.29, 0.717) is 0 Å². The summed E-state index contributed by atoms with van der Waals surface area (Å²) in [5.74, 6) is 3.28. The SMILES string of the molecule is c1ccc(-c2ccc(N(c3ccc(-n4c5ccccc5c5ccccc54)cc3)c3cccc4cccc(-c5cccc6c5-c5ccccc5C65C6CC7CC(C6)CC5C7)c34)cc2)cc1. The molecule has 15 rings (SSSR count). The Balaban J connectivity index is 0.971. The highest BCUT2D eigenvalue weighted by Crippen LogP contribution is 2.70. The summed E-state index contributed by atoms with van der Waals surface area (Å²) in [6.45, 7) is 0. The topological polar surface area (TPSA) is 8.17 Å². The molecule has 0 radical (unpaired) electrons. The Hall–Kier alpha value is -7.16. The first-order valence-electron chi connectivity index (χ1n) is 23.5. The molecule has 0 saturated heterocycles. The third-order valence-corrected chi connectivity index (χ3v) is 16.2. The van der Waals surface area contributed by atoms with Gasteiger partial charge in [0.15, 0.2) is 0 Å². The van der Waals surface area contributed by atoms with Gasteiger partial charge in [-0.05, 0) is 160 Å². The maximum atomic E-state index is 2.53. The molecule has 0 aliphatic heterocycles. The first-order valence-corrected chi connectivity index (χ1v) is 23.5. The summed E-state index contributed by atoms with van der Waals surface area (Å²) in [4.78, 5) is 2.49. The Morgan fingerprint density at radius 2 is 0.938 bits per heavy atom. The van der Waals surface area contributed by atoms with Gasteiger partial charge in [0.05, 0.1) is 16.7 Å². The Bertz CT molecular complexity index is 3360. The predicted octanol–water partition coefficient (Wildman–Crippen LogP) is 16.5. The van der Waals surface area contributed by atoms with Gasteiger partial charge in [-0.2, -0.15) is 0 Å². The molecule has 4 bridgehead atoms. The van der Waals surface area contributed by atoms with Crippen LogP contribution in [0.3, 0.4) is 0 Å². The fourth-order valence-corrected chi connectivity index (χ4v) is 14.0.